The van der Waals surface area contributed by atoms with Crippen LogP contribution in [0.3, 0.4) is 0 Å². The summed E-state index contributed by atoms with van der Waals surface area (Å²) in [5.74, 6) is 0.669. The molecule has 7 nitrogen and oxygen atoms in total. The van der Waals surface area contributed by atoms with Gasteiger partial charge in [0.1, 0.15) is 11.9 Å². The van der Waals surface area contributed by atoms with E-state index in [1.54, 1.807) is 0 Å². The van der Waals surface area contributed by atoms with Crippen LogP contribution in [-0.4, -0.2) is 69.8 Å². The third-order valence-electron chi connectivity index (χ3n) is 5.69. The predicted molar refractivity (Wildman–Crippen MR) is 132 cm³/mol. The number of carbonyl (C=O) groups excluding carboxylic acids is 1. The number of ether oxygens (including phenoxy) is 4. The first-order valence-corrected chi connectivity index (χ1v) is 12.8. The second-order valence-corrected chi connectivity index (χ2v) is 8.54. The van der Waals surface area contributed by atoms with Gasteiger partial charge in [-0.25, -0.2) is 4.79 Å². The molecule has 1 aliphatic rings. The van der Waals surface area contributed by atoms with E-state index in [9.17, 15) is 4.79 Å². The lowest BCUT2D eigenvalue weighted by atomic mass is 10.2. The van der Waals surface area contributed by atoms with Crippen molar-refractivity contribution in [3.8, 4) is 5.75 Å². The van der Waals surface area contributed by atoms with Gasteiger partial charge in [-0.1, -0.05) is 51.2 Å². The van der Waals surface area contributed by atoms with Crippen LogP contribution in [0.15, 0.2) is 24.3 Å². The molecule has 0 spiro atoms. The van der Waals surface area contributed by atoms with Crippen LogP contribution in [0.4, 0.5) is 10.5 Å². The van der Waals surface area contributed by atoms with Gasteiger partial charge in [-0.15, -0.1) is 0 Å². The van der Waals surface area contributed by atoms with Crippen LogP contribution < -0.4 is 10.1 Å². The van der Waals surface area contributed by atoms with Gasteiger partial charge >= 0.3 is 6.09 Å². The zero-order valence-corrected chi connectivity index (χ0v) is 20.7. The summed E-state index contributed by atoms with van der Waals surface area (Å²) in [5.41, 5.74) is 0.628. The molecule has 1 aromatic rings. The van der Waals surface area contributed by atoms with E-state index in [4.69, 9.17) is 18.9 Å². The molecule has 7 heteroatoms. The second kappa shape index (κ2) is 17.6. The Labute approximate surface area is 200 Å². The topological polar surface area (TPSA) is 69.3 Å². The fourth-order valence-corrected chi connectivity index (χ4v) is 3.91. The minimum absolute atomic E-state index is 0.341. The van der Waals surface area contributed by atoms with E-state index in [1.165, 1.54) is 38.5 Å². The Kier molecular flexibility index (Phi) is 14.6. The van der Waals surface area contributed by atoms with E-state index >= 15 is 0 Å². The van der Waals surface area contributed by atoms with E-state index in [2.05, 4.69) is 17.1 Å². The summed E-state index contributed by atoms with van der Waals surface area (Å²) in [6.45, 7) is 9.59. The molecule has 2 rings (SSSR count). The van der Waals surface area contributed by atoms with Crippen molar-refractivity contribution in [1.29, 1.82) is 0 Å². The smallest absolute Gasteiger partial charge is 0.412 e. The average Bonchev–Trinajstić information content (AvgIpc) is 3.08. The molecule has 1 N–H and O–H groups in total. The summed E-state index contributed by atoms with van der Waals surface area (Å²) in [6.07, 6.45) is 8.64. The van der Waals surface area contributed by atoms with E-state index in [0.29, 0.717) is 51.0 Å². The highest BCUT2D eigenvalue weighted by molar-refractivity contribution is 5.86. The largest absolute Gasteiger partial charge is 0.491 e. The number of likely N-dealkylation sites (tertiary alicyclic amines) is 1. The minimum Gasteiger partial charge on any atom is -0.491 e. The SMILES string of the molecule is CCCCCCOc1ccccc1NC(=O)OC(COCCOCC)CN1CCCCCC1. The maximum absolute atomic E-state index is 12.7. The first-order chi connectivity index (χ1) is 16.2. The van der Waals surface area contributed by atoms with Crippen molar-refractivity contribution in [2.24, 2.45) is 0 Å². The van der Waals surface area contributed by atoms with Crippen LogP contribution in [0.1, 0.15) is 65.2 Å². The number of nitrogens with one attached hydrogen (secondary N) is 1. The summed E-state index contributed by atoms with van der Waals surface area (Å²) in [6, 6.07) is 7.50. The standard InChI is InChI=1S/C26H44N2O5/c1-3-5-6-13-18-32-25-15-10-9-14-24(25)27-26(29)33-23(22-31-20-19-30-4-2)21-28-16-11-7-8-12-17-28/h9-10,14-15,23H,3-8,11-13,16-22H2,1-2H3,(H,27,29). The van der Waals surface area contributed by atoms with Gasteiger partial charge in [0.05, 0.1) is 32.1 Å². The lowest BCUT2D eigenvalue weighted by Crippen LogP contribution is -2.39. The molecule has 0 aliphatic carbocycles. The lowest BCUT2D eigenvalue weighted by molar-refractivity contribution is -0.0109. The first-order valence-electron chi connectivity index (χ1n) is 12.8. The lowest BCUT2D eigenvalue weighted by Gasteiger charge is -2.26. The third-order valence-corrected chi connectivity index (χ3v) is 5.69. The number of nitrogens with zero attached hydrogens (tertiary/aromatic N) is 1. The predicted octanol–water partition coefficient (Wildman–Crippen LogP) is 5.49. The number of rotatable bonds is 16. The molecule has 188 valence electrons. The molecule has 33 heavy (non-hydrogen) atoms. The van der Waals surface area contributed by atoms with Crippen molar-refractivity contribution >= 4 is 11.8 Å². The number of anilines is 1. The highest BCUT2D eigenvalue weighted by Gasteiger charge is 2.20. The number of para-hydroxylation sites is 2. The molecule has 0 saturated carbocycles. The molecule has 1 atom stereocenters. The van der Waals surface area contributed by atoms with Gasteiger partial charge in [-0.2, -0.15) is 0 Å². The van der Waals surface area contributed by atoms with Gasteiger partial charge < -0.3 is 18.9 Å². The fourth-order valence-electron chi connectivity index (χ4n) is 3.91. The molecule has 1 aromatic carbocycles. The molecule has 1 fully saturated rings. The second-order valence-electron chi connectivity index (χ2n) is 8.54. The van der Waals surface area contributed by atoms with Crippen LogP contribution in [0.5, 0.6) is 5.75 Å². The molecule has 0 aromatic heterocycles. The first kappa shape index (κ1) is 27.4. The summed E-state index contributed by atoms with van der Waals surface area (Å²) in [5, 5.41) is 2.87. The van der Waals surface area contributed by atoms with Crippen LogP contribution in [0.25, 0.3) is 0 Å². The summed E-state index contributed by atoms with van der Waals surface area (Å²) in [7, 11) is 0. The Morgan fingerprint density at radius 1 is 0.970 bits per heavy atom. The number of benzene rings is 1. The summed E-state index contributed by atoms with van der Waals surface area (Å²) in [4.78, 5) is 15.1. The molecule has 0 radical (unpaired) electrons. The maximum atomic E-state index is 12.7. The average molecular weight is 465 g/mol. The van der Waals surface area contributed by atoms with Crippen LogP contribution in [-0.2, 0) is 14.2 Å². The fraction of sp³-hybridized carbons (Fsp3) is 0.731. The van der Waals surface area contributed by atoms with Crippen molar-refractivity contribution in [2.75, 3.05) is 58.0 Å². The molecule has 1 saturated heterocycles. The maximum Gasteiger partial charge on any atom is 0.412 e. The van der Waals surface area contributed by atoms with Crippen molar-refractivity contribution in [3.05, 3.63) is 24.3 Å². The number of amides is 1. The number of hydrogen-bond donors (Lipinski definition) is 1. The Hall–Kier alpha value is -1.83. The number of carbonyl (C=O) groups is 1. The van der Waals surface area contributed by atoms with Crippen molar-refractivity contribution < 1.29 is 23.7 Å². The van der Waals surface area contributed by atoms with E-state index in [1.807, 2.05) is 31.2 Å². The molecular weight excluding hydrogens is 420 g/mol. The highest BCUT2D eigenvalue weighted by Crippen LogP contribution is 2.24. The van der Waals surface area contributed by atoms with E-state index in [0.717, 1.165) is 25.9 Å². The molecule has 1 amide bonds. The summed E-state index contributed by atoms with van der Waals surface area (Å²) >= 11 is 0. The van der Waals surface area contributed by atoms with Crippen LogP contribution in [0, 0.1) is 0 Å². The molecule has 1 heterocycles. The van der Waals surface area contributed by atoms with Gasteiger partial charge in [0, 0.05) is 13.2 Å². The van der Waals surface area contributed by atoms with Crippen molar-refractivity contribution in [2.45, 2.75) is 71.3 Å². The molecular formula is C26H44N2O5. The normalized spacial score (nSPS) is 15.6. The zero-order valence-electron chi connectivity index (χ0n) is 20.7. The highest BCUT2D eigenvalue weighted by atomic mass is 16.6. The zero-order chi connectivity index (χ0) is 23.6. The van der Waals surface area contributed by atoms with Gasteiger partial charge in [0.15, 0.2) is 0 Å². The van der Waals surface area contributed by atoms with Gasteiger partial charge in [0.2, 0.25) is 0 Å². The van der Waals surface area contributed by atoms with Crippen LogP contribution in [0.2, 0.25) is 0 Å². The molecule has 1 aliphatic heterocycles. The van der Waals surface area contributed by atoms with Gasteiger partial charge in [-0.3, -0.25) is 10.2 Å². The quantitative estimate of drug-likeness (QED) is 0.326. The Morgan fingerprint density at radius 2 is 1.73 bits per heavy atom. The van der Waals surface area contributed by atoms with Gasteiger partial charge in [0.25, 0.3) is 0 Å². The molecule has 0 bridgehead atoms. The van der Waals surface area contributed by atoms with Crippen molar-refractivity contribution in [3.63, 3.8) is 0 Å². The monoisotopic (exact) mass is 464 g/mol. The van der Waals surface area contributed by atoms with E-state index in [-0.39, 0.29) is 6.10 Å². The Balaban J connectivity index is 1.88. The third kappa shape index (κ3) is 12.3. The van der Waals surface area contributed by atoms with Crippen molar-refractivity contribution in [1.82, 2.24) is 4.90 Å². The molecule has 1 unspecified atom stereocenters. The number of unbranched alkanes of at least 4 members (excludes halogenated alkanes) is 3. The number of hydrogen-bond acceptors (Lipinski definition) is 6. The Bertz CT molecular complexity index is 635. The minimum atomic E-state index is -0.481. The summed E-state index contributed by atoms with van der Waals surface area (Å²) < 4.78 is 22.8. The van der Waals surface area contributed by atoms with E-state index < -0.39 is 6.09 Å². The van der Waals surface area contributed by atoms with Crippen LogP contribution >= 0.6 is 0 Å². The van der Waals surface area contributed by atoms with Gasteiger partial charge in [-0.05, 0) is 51.4 Å². The Morgan fingerprint density at radius 3 is 2.48 bits per heavy atom.